The molecular formula is C19H18N2O5. The highest BCUT2D eigenvalue weighted by Gasteiger charge is 2.31. The monoisotopic (exact) mass is 354 g/mol. The summed E-state index contributed by atoms with van der Waals surface area (Å²) in [5.74, 6) is -0.981. The summed E-state index contributed by atoms with van der Waals surface area (Å²) < 4.78 is 5.67. The Bertz CT molecular complexity index is 830. The van der Waals surface area contributed by atoms with Gasteiger partial charge in [-0.25, -0.2) is 0 Å². The molecule has 7 heteroatoms. The van der Waals surface area contributed by atoms with Gasteiger partial charge in [0.25, 0.3) is 5.91 Å². The molecule has 0 bridgehead atoms. The molecule has 1 aliphatic heterocycles. The predicted molar refractivity (Wildman–Crippen MR) is 93.1 cm³/mol. The molecular weight excluding hydrogens is 336 g/mol. The Kier molecular flexibility index (Phi) is 4.88. The van der Waals surface area contributed by atoms with Gasteiger partial charge in [0.2, 0.25) is 5.91 Å². The molecule has 26 heavy (non-hydrogen) atoms. The minimum Gasteiger partial charge on any atom is -0.481 e. The number of nitrogens with zero attached hydrogens (tertiary/aromatic N) is 1. The third-order valence-electron chi connectivity index (χ3n) is 4.30. The first-order chi connectivity index (χ1) is 12.4. The summed E-state index contributed by atoms with van der Waals surface area (Å²) in [6.07, 6.45) is 0.476. The largest absolute Gasteiger partial charge is 0.481 e. The summed E-state index contributed by atoms with van der Waals surface area (Å²) >= 11 is 0. The van der Waals surface area contributed by atoms with E-state index < -0.39 is 17.8 Å². The Balaban J connectivity index is 1.64. The van der Waals surface area contributed by atoms with Crippen LogP contribution in [0.4, 0.5) is 0 Å². The molecule has 1 unspecified atom stereocenters. The fraction of sp³-hybridized carbons (Fsp3) is 0.211. The summed E-state index contributed by atoms with van der Waals surface area (Å²) in [7, 11) is 0. The highest BCUT2D eigenvalue weighted by molar-refractivity contribution is 5.95. The first-order valence-electron chi connectivity index (χ1n) is 8.14. The molecule has 134 valence electrons. The minimum absolute atomic E-state index is 0.189. The lowest BCUT2D eigenvalue weighted by Gasteiger charge is -2.16. The molecule has 0 aliphatic carbocycles. The quantitative estimate of drug-likeness (QED) is 0.855. The summed E-state index contributed by atoms with van der Waals surface area (Å²) in [5.41, 5.74) is 6.06. The average Bonchev–Trinajstić information content (AvgIpc) is 3.13. The zero-order valence-corrected chi connectivity index (χ0v) is 13.9. The van der Waals surface area contributed by atoms with Crippen LogP contribution >= 0.6 is 0 Å². The summed E-state index contributed by atoms with van der Waals surface area (Å²) in [6.45, 7) is 0.679. The van der Waals surface area contributed by atoms with Crippen LogP contribution in [0.25, 0.3) is 0 Å². The number of aliphatic carboxylic acids is 1. The van der Waals surface area contributed by atoms with Gasteiger partial charge in [0.05, 0.1) is 5.92 Å². The van der Waals surface area contributed by atoms with Crippen molar-refractivity contribution >= 4 is 17.8 Å². The zero-order chi connectivity index (χ0) is 18.7. The van der Waals surface area contributed by atoms with Crippen LogP contribution in [0, 0.1) is 5.92 Å². The molecule has 0 spiro atoms. The lowest BCUT2D eigenvalue weighted by Crippen LogP contribution is -2.29. The van der Waals surface area contributed by atoms with E-state index in [9.17, 15) is 14.4 Å². The lowest BCUT2D eigenvalue weighted by atomic mass is 10.1. The molecule has 1 heterocycles. The number of primary amides is 1. The molecule has 0 radical (unpaired) electrons. The maximum Gasteiger partial charge on any atom is 0.308 e. The first kappa shape index (κ1) is 17.5. The van der Waals surface area contributed by atoms with Crippen molar-refractivity contribution in [1.29, 1.82) is 0 Å². The number of carboxylic acid groups (broad SMARTS) is 1. The van der Waals surface area contributed by atoms with E-state index in [1.165, 1.54) is 0 Å². The summed E-state index contributed by atoms with van der Waals surface area (Å²) in [4.78, 5) is 36.0. The summed E-state index contributed by atoms with van der Waals surface area (Å²) in [5, 5.41) is 9.03. The number of hydrogen-bond acceptors (Lipinski definition) is 4. The van der Waals surface area contributed by atoms with E-state index in [2.05, 4.69) is 0 Å². The molecule has 2 amide bonds. The number of ether oxygens (including phenoxy) is 1. The van der Waals surface area contributed by atoms with Gasteiger partial charge in [-0.2, -0.15) is 0 Å². The number of likely N-dealkylation sites (tertiary alicyclic amines) is 1. The third kappa shape index (κ3) is 3.83. The van der Waals surface area contributed by atoms with Crippen molar-refractivity contribution in [1.82, 2.24) is 4.90 Å². The third-order valence-corrected chi connectivity index (χ3v) is 4.30. The Morgan fingerprint density at radius 2 is 1.50 bits per heavy atom. The summed E-state index contributed by atoms with van der Waals surface area (Å²) in [6, 6.07) is 13.0. The van der Waals surface area contributed by atoms with Gasteiger partial charge in [-0.05, 0) is 55.0 Å². The van der Waals surface area contributed by atoms with Crippen LogP contribution in [0.3, 0.4) is 0 Å². The Morgan fingerprint density at radius 1 is 0.962 bits per heavy atom. The van der Waals surface area contributed by atoms with Gasteiger partial charge in [-0.3, -0.25) is 14.4 Å². The van der Waals surface area contributed by atoms with Crippen molar-refractivity contribution in [3.63, 3.8) is 0 Å². The second-order valence-corrected chi connectivity index (χ2v) is 6.09. The molecule has 1 fully saturated rings. The van der Waals surface area contributed by atoms with Gasteiger partial charge in [0.15, 0.2) is 0 Å². The number of carbonyl (C=O) groups is 3. The van der Waals surface area contributed by atoms with E-state index in [4.69, 9.17) is 15.6 Å². The topological polar surface area (TPSA) is 110 Å². The van der Waals surface area contributed by atoms with Crippen LogP contribution in [0.15, 0.2) is 48.5 Å². The maximum atomic E-state index is 12.4. The van der Waals surface area contributed by atoms with Crippen LogP contribution in [0.1, 0.15) is 27.1 Å². The average molecular weight is 354 g/mol. The van der Waals surface area contributed by atoms with Crippen LogP contribution < -0.4 is 10.5 Å². The van der Waals surface area contributed by atoms with Crippen molar-refractivity contribution in [2.45, 2.75) is 6.42 Å². The van der Waals surface area contributed by atoms with Crippen LogP contribution in [-0.4, -0.2) is 40.9 Å². The maximum absolute atomic E-state index is 12.4. The number of nitrogens with two attached hydrogens (primary N) is 1. The van der Waals surface area contributed by atoms with Gasteiger partial charge in [-0.15, -0.1) is 0 Å². The van der Waals surface area contributed by atoms with Gasteiger partial charge in [0, 0.05) is 24.2 Å². The lowest BCUT2D eigenvalue weighted by molar-refractivity contribution is -0.141. The second-order valence-electron chi connectivity index (χ2n) is 6.09. The molecule has 2 aromatic carbocycles. The fourth-order valence-electron chi connectivity index (χ4n) is 2.82. The van der Waals surface area contributed by atoms with Crippen LogP contribution in [-0.2, 0) is 4.79 Å². The molecule has 3 N–H and O–H groups in total. The number of rotatable bonds is 5. The van der Waals surface area contributed by atoms with Gasteiger partial charge < -0.3 is 20.5 Å². The molecule has 2 aromatic rings. The first-order valence-corrected chi connectivity index (χ1v) is 8.14. The number of carboxylic acids is 1. The highest BCUT2D eigenvalue weighted by Crippen LogP contribution is 2.24. The van der Waals surface area contributed by atoms with Gasteiger partial charge in [-0.1, -0.05) is 0 Å². The van der Waals surface area contributed by atoms with E-state index in [1.54, 1.807) is 53.4 Å². The Hall–Kier alpha value is -3.35. The molecule has 3 rings (SSSR count). The SMILES string of the molecule is NC(=O)c1ccc(Oc2ccc(C(=O)N3CCC(C(=O)O)C3)cc2)cc1. The molecule has 1 saturated heterocycles. The number of amides is 2. The van der Waals surface area contributed by atoms with E-state index >= 15 is 0 Å². The van der Waals surface area contributed by atoms with Gasteiger partial charge >= 0.3 is 5.97 Å². The molecule has 1 atom stereocenters. The normalized spacial score (nSPS) is 16.3. The minimum atomic E-state index is -0.869. The molecule has 0 aromatic heterocycles. The van der Waals surface area contributed by atoms with Crippen molar-refractivity contribution in [3.8, 4) is 11.5 Å². The Morgan fingerprint density at radius 3 is 1.96 bits per heavy atom. The van der Waals surface area contributed by atoms with Crippen LogP contribution in [0.5, 0.6) is 11.5 Å². The zero-order valence-electron chi connectivity index (χ0n) is 13.9. The van der Waals surface area contributed by atoms with E-state index in [1.807, 2.05) is 0 Å². The van der Waals surface area contributed by atoms with E-state index in [0.717, 1.165) is 0 Å². The number of benzene rings is 2. The van der Waals surface area contributed by atoms with Crippen molar-refractivity contribution < 1.29 is 24.2 Å². The van der Waals surface area contributed by atoms with Crippen molar-refractivity contribution in [3.05, 3.63) is 59.7 Å². The smallest absolute Gasteiger partial charge is 0.308 e. The predicted octanol–water partition coefficient (Wildman–Crippen LogP) is 2.12. The Labute approximate surface area is 150 Å². The highest BCUT2D eigenvalue weighted by atomic mass is 16.5. The van der Waals surface area contributed by atoms with Crippen LogP contribution in [0.2, 0.25) is 0 Å². The van der Waals surface area contributed by atoms with E-state index in [-0.39, 0.29) is 12.5 Å². The number of carbonyl (C=O) groups excluding carboxylic acids is 2. The van der Waals surface area contributed by atoms with E-state index in [0.29, 0.717) is 35.6 Å². The van der Waals surface area contributed by atoms with Crippen molar-refractivity contribution in [2.24, 2.45) is 11.7 Å². The molecule has 1 aliphatic rings. The number of hydrogen-bond donors (Lipinski definition) is 2. The standard InChI is InChI=1S/C19H18N2O5/c20-17(22)12-1-5-15(6-2-12)26-16-7-3-13(4-8-16)18(23)21-10-9-14(11-21)19(24)25/h1-8,14H,9-11H2,(H2,20,22)(H,24,25). The second kappa shape index (κ2) is 7.26. The fourth-order valence-corrected chi connectivity index (χ4v) is 2.82. The molecule has 7 nitrogen and oxygen atoms in total. The van der Waals surface area contributed by atoms with Gasteiger partial charge in [0.1, 0.15) is 11.5 Å². The molecule has 0 saturated carbocycles. The van der Waals surface area contributed by atoms with Crippen molar-refractivity contribution in [2.75, 3.05) is 13.1 Å².